The van der Waals surface area contributed by atoms with Crippen molar-refractivity contribution in [2.75, 3.05) is 0 Å². The average molecular weight is 292 g/mol. The summed E-state index contributed by atoms with van der Waals surface area (Å²) < 4.78 is 12.0. The zero-order valence-electron chi connectivity index (χ0n) is 12.4. The Hall–Kier alpha value is -1.02. The number of halogens is 1. The Morgan fingerprint density at radius 1 is 1.20 bits per heavy atom. The molecule has 0 saturated carbocycles. The molecule has 0 atom stereocenters. The van der Waals surface area contributed by atoms with Gasteiger partial charge < -0.3 is 9.31 Å². The maximum absolute atomic E-state index is 8.69. The molecule has 2 rings (SSSR count). The summed E-state index contributed by atoms with van der Waals surface area (Å²) in [5.74, 6) is 0. The third-order valence-corrected chi connectivity index (χ3v) is 4.58. The van der Waals surface area contributed by atoms with Crippen molar-refractivity contribution in [3.8, 4) is 6.07 Å². The zero-order chi connectivity index (χ0) is 15.0. The topological polar surface area (TPSA) is 42.2 Å². The van der Waals surface area contributed by atoms with Gasteiger partial charge in [-0.3, -0.25) is 0 Å². The van der Waals surface area contributed by atoms with Crippen LogP contribution in [0.25, 0.3) is 0 Å². The fourth-order valence-electron chi connectivity index (χ4n) is 2.14. The van der Waals surface area contributed by atoms with Crippen molar-refractivity contribution in [3.63, 3.8) is 0 Å². The first-order valence-electron chi connectivity index (χ1n) is 6.78. The molecule has 0 radical (unpaired) electrons. The molecule has 106 valence electrons. The zero-order valence-corrected chi connectivity index (χ0v) is 13.1. The molecule has 0 bridgehead atoms. The molecule has 0 unspecified atom stereocenters. The lowest BCUT2D eigenvalue weighted by atomic mass is 9.78. The highest BCUT2D eigenvalue weighted by Crippen LogP contribution is 2.37. The number of nitriles is 1. The Balaban J connectivity index is 2.29. The Morgan fingerprint density at radius 3 is 2.35 bits per heavy atom. The molecule has 1 heterocycles. The van der Waals surface area contributed by atoms with Gasteiger partial charge >= 0.3 is 7.12 Å². The van der Waals surface area contributed by atoms with Gasteiger partial charge in [-0.2, -0.15) is 5.26 Å². The Bertz CT molecular complexity index is 535. The quantitative estimate of drug-likeness (QED) is 0.804. The molecule has 1 fully saturated rings. The van der Waals surface area contributed by atoms with Crippen molar-refractivity contribution in [3.05, 3.63) is 28.8 Å². The molecule has 1 aliphatic rings. The van der Waals surface area contributed by atoms with E-state index in [1.807, 2.05) is 45.9 Å². The number of aryl methyl sites for hydroxylation is 1. The van der Waals surface area contributed by atoms with E-state index in [1.54, 1.807) is 0 Å². The van der Waals surface area contributed by atoms with Gasteiger partial charge in [0.2, 0.25) is 0 Å². The number of rotatable bonds is 3. The van der Waals surface area contributed by atoms with Gasteiger partial charge in [0, 0.05) is 16.9 Å². The van der Waals surface area contributed by atoms with Gasteiger partial charge in [-0.15, -0.1) is 0 Å². The molecule has 5 heteroatoms. The molecule has 3 nitrogen and oxygen atoms in total. The molecule has 0 spiro atoms. The summed E-state index contributed by atoms with van der Waals surface area (Å²) in [6.45, 7) is 8.06. The van der Waals surface area contributed by atoms with E-state index in [4.69, 9.17) is 26.2 Å². The van der Waals surface area contributed by atoms with Crippen LogP contribution < -0.4 is 5.46 Å². The van der Waals surface area contributed by atoms with Crippen molar-refractivity contribution < 1.29 is 9.31 Å². The van der Waals surface area contributed by atoms with Gasteiger partial charge in [-0.25, -0.2) is 0 Å². The van der Waals surface area contributed by atoms with E-state index < -0.39 is 7.12 Å². The second kappa shape index (κ2) is 5.40. The van der Waals surface area contributed by atoms with Crippen LogP contribution in [0.3, 0.4) is 0 Å². The number of nitrogens with zero attached hydrogens (tertiary/aromatic N) is 1. The fraction of sp³-hybridized carbons (Fsp3) is 0.533. The molecule has 20 heavy (non-hydrogen) atoms. The SMILES string of the molecule is CC1(C)OB(c2cccc(CCC#N)c2Cl)OC1(C)C. The van der Waals surface area contributed by atoms with E-state index in [-0.39, 0.29) is 11.2 Å². The van der Waals surface area contributed by atoms with E-state index in [9.17, 15) is 0 Å². The van der Waals surface area contributed by atoms with Crippen molar-refractivity contribution in [1.29, 1.82) is 5.26 Å². The van der Waals surface area contributed by atoms with Crippen molar-refractivity contribution in [2.24, 2.45) is 0 Å². The minimum absolute atomic E-state index is 0.385. The van der Waals surface area contributed by atoms with Crippen LogP contribution in [0.5, 0.6) is 0 Å². The highest BCUT2D eigenvalue weighted by atomic mass is 35.5. The van der Waals surface area contributed by atoms with Gasteiger partial charge in [0.1, 0.15) is 0 Å². The van der Waals surface area contributed by atoms with E-state index in [2.05, 4.69) is 6.07 Å². The lowest BCUT2D eigenvalue weighted by Crippen LogP contribution is -2.41. The molecular weight excluding hydrogens is 272 g/mol. The van der Waals surface area contributed by atoms with E-state index in [0.29, 0.717) is 17.9 Å². The largest absolute Gasteiger partial charge is 0.496 e. The van der Waals surface area contributed by atoms with Gasteiger partial charge in [0.25, 0.3) is 0 Å². The molecule has 0 N–H and O–H groups in total. The van der Waals surface area contributed by atoms with Crippen LogP contribution >= 0.6 is 11.6 Å². The summed E-state index contributed by atoms with van der Waals surface area (Å²) in [4.78, 5) is 0. The molecule has 1 aromatic rings. The second-order valence-electron chi connectivity index (χ2n) is 6.07. The molecule has 0 amide bonds. The second-order valence-corrected chi connectivity index (χ2v) is 6.44. The van der Waals surface area contributed by atoms with Gasteiger partial charge in [0.15, 0.2) is 0 Å². The maximum Gasteiger partial charge on any atom is 0.496 e. The highest BCUT2D eigenvalue weighted by Gasteiger charge is 2.52. The van der Waals surface area contributed by atoms with Crippen LogP contribution in [0.2, 0.25) is 5.02 Å². The number of benzene rings is 1. The summed E-state index contributed by atoms with van der Waals surface area (Å²) >= 11 is 6.44. The third kappa shape index (κ3) is 2.71. The molecule has 1 aliphatic heterocycles. The first-order valence-corrected chi connectivity index (χ1v) is 7.16. The lowest BCUT2D eigenvalue weighted by Gasteiger charge is -2.32. The minimum Gasteiger partial charge on any atom is -0.399 e. The predicted octanol–water partition coefficient (Wildman–Crippen LogP) is 3.10. The van der Waals surface area contributed by atoms with Crippen molar-refractivity contribution in [1.82, 2.24) is 0 Å². The summed E-state index contributed by atoms with van der Waals surface area (Å²) in [7, 11) is -0.463. The van der Waals surface area contributed by atoms with Crippen LogP contribution in [-0.2, 0) is 15.7 Å². The van der Waals surface area contributed by atoms with Crippen LogP contribution in [0, 0.1) is 11.3 Å². The minimum atomic E-state index is -0.463. The van der Waals surface area contributed by atoms with E-state index >= 15 is 0 Å². The van der Waals surface area contributed by atoms with E-state index in [1.165, 1.54) is 0 Å². The van der Waals surface area contributed by atoms with Crippen LogP contribution in [-0.4, -0.2) is 18.3 Å². The first kappa shape index (κ1) is 15.4. The van der Waals surface area contributed by atoms with Crippen LogP contribution in [0.15, 0.2) is 18.2 Å². The first-order chi connectivity index (χ1) is 9.28. The molecule has 0 aliphatic carbocycles. The summed E-state index contributed by atoms with van der Waals surface area (Å²) in [5.41, 5.74) is 1.02. The average Bonchev–Trinajstić information content (AvgIpc) is 2.57. The molecular formula is C15H19BClNO2. The predicted molar refractivity (Wildman–Crippen MR) is 81.1 cm³/mol. The third-order valence-electron chi connectivity index (χ3n) is 4.12. The van der Waals surface area contributed by atoms with Crippen molar-refractivity contribution >= 4 is 24.2 Å². The van der Waals surface area contributed by atoms with Gasteiger partial charge in [-0.1, -0.05) is 29.8 Å². The Labute approximate surface area is 126 Å². The Kier molecular flexibility index (Phi) is 4.15. The fourth-order valence-corrected chi connectivity index (χ4v) is 2.44. The summed E-state index contributed by atoms with van der Waals surface area (Å²) in [6.07, 6.45) is 1.09. The van der Waals surface area contributed by atoms with E-state index in [0.717, 1.165) is 11.0 Å². The maximum atomic E-state index is 8.69. The smallest absolute Gasteiger partial charge is 0.399 e. The lowest BCUT2D eigenvalue weighted by molar-refractivity contribution is 0.00578. The van der Waals surface area contributed by atoms with Crippen LogP contribution in [0.4, 0.5) is 0 Å². The van der Waals surface area contributed by atoms with Gasteiger partial charge in [-0.05, 0) is 39.7 Å². The van der Waals surface area contributed by atoms with Gasteiger partial charge in [0.05, 0.1) is 17.3 Å². The number of hydrogen-bond donors (Lipinski definition) is 0. The van der Waals surface area contributed by atoms with Crippen LogP contribution in [0.1, 0.15) is 39.7 Å². The number of hydrogen-bond acceptors (Lipinski definition) is 3. The monoisotopic (exact) mass is 291 g/mol. The van der Waals surface area contributed by atoms with Crippen molar-refractivity contribution in [2.45, 2.75) is 51.7 Å². The normalized spacial score (nSPS) is 19.9. The Morgan fingerprint density at radius 2 is 1.80 bits per heavy atom. The summed E-state index contributed by atoms with van der Waals surface area (Å²) in [6, 6.07) is 7.92. The standard InChI is InChI=1S/C15H19BClNO2/c1-14(2)15(3,4)20-16(19-14)12-9-5-7-11(13(12)17)8-6-10-18/h5,7,9H,6,8H2,1-4H3. The molecule has 1 aromatic carbocycles. The molecule has 0 aromatic heterocycles. The molecule has 1 saturated heterocycles. The summed E-state index contributed by atoms with van der Waals surface area (Å²) in [5, 5.41) is 9.33. The highest BCUT2D eigenvalue weighted by molar-refractivity contribution is 6.65.